The van der Waals surface area contributed by atoms with E-state index in [-0.39, 0.29) is 11.6 Å². The van der Waals surface area contributed by atoms with Gasteiger partial charge in [0.15, 0.2) is 23.3 Å². The molecule has 4 N–H and O–H groups in total. The number of rotatable bonds is 3. The molecule has 1 aromatic heterocycles. The van der Waals surface area contributed by atoms with E-state index in [0.717, 1.165) is 0 Å². The zero-order chi connectivity index (χ0) is 14.0. The third-order valence-corrected chi connectivity index (χ3v) is 3.67. The van der Waals surface area contributed by atoms with Gasteiger partial charge < -0.3 is 10.7 Å². The van der Waals surface area contributed by atoms with Crippen LogP contribution in [-0.4, -0.2) is 4.98 Å². The normalized spacial score (nSPS) is 10.4. The number of hydrogen-bond donors (Lipinski definition) is 3. The van der Waals surface area contributed by atoms with Gasteiger partial charge in [-0.3, -0.25) is 0 Å². The summed E-state index contributed by atoms with van der Waals surface area (Å²) in [5, 5.41) is 3.15. The van der Waals surface area contributed by atoms with Gasteiger partial charge in [0.25, 0.3) is 0 Å². The second-order valence-electron chi connectivity index (χ2n) is 3.52. The average molecular weight is 350 g/mol. The fraction of sp³-hybridized carbons (Fsp3) is 0. The first kappa shape index (κ1) is 14.0. The minimum Gasteiger partial charge on any atom is -0.337 e. The maximum absolute atomic E-state index is 13.6. The Morgan fingerprint density at radius 1 is 1.21 bits per heavy atom. The minimum atomic E-state index is -0.879. The Morgan fingerprint density at radius 3 is 2.58 bits per heavy atom. The molecule has 0 unspecified atom stereocenters. The topological polar surface area (TPSA) is 63.0 Å². The maximum Gasteiger partial charge on any atom is 0.178 e. The lowest BCUT2D eigenvalue weighted by atomic mass is 10.3. The Bertz CT molecular complexity index is 624. The summed E-state index contributed by atoms with van der Waals surface area (Å²) in [5.41, 5.74) is 2.54. The van der Waals surface area contributed by atoms with E-state index < -0.39 is 11.6 Å². The molecule has 0 amide bonds. The summed E-state index contributed by atoms with van der Waals surface area (Å²) in [6.45, 7) is 0. The van der Waals surface area contributed by atoms with Crippen LogP contribution >= 0.6 is 27.5 Å². The highest BCUT2D eigenvalue weighted by Gasteiger charge is 2.13. The van der Waals surface area contributed by atoms with Crippen molar-refractivity contribution < 1.29 is 8.78 Å². The van der Waals surface area contributed by atoms with Crippen LogP contribution in [0.3, 0.4) is 0 Å². The Kier molecular flexibility index (Phi) is 4.18. The molecule has 2 rings (SSSR count). The fourth-order valence-electron chi connectivity index (χ4n) is 1.38. The van der Waals surface area contributed by atoms with Crippen molar-refractivity contribution in [3.05, 3.63) is 45.4 Å². The molecule has 0 aliphatic rings. The monoisotopic (exact) mass is 348 g/mol. The molecule has 2 aromatic rings. The van der Waals surface area contributed by atoms with Gasteiger partial charge in [-0.25, -0.2) is 19.6 Å². The quantitative estimate of drug-likeness (QED) is 0.582. The van der Waals surface area contributed by atoms with E-state index in [2.05, 4.69) is 26.2 Å². The van der Waals surface area contributed by atoms with Crippen LogP contribution in [0.25, 0.3) is 0 Å². The van der Waals surface area contributed by atoms with Crippen molar-refractivity contribution in [1.29, 1.82) is 0 Å². The molecule has 1 aromatic carbocycles. The van der Waals surface area contributed by atoms with Gasteiger partial charge in [-0.1, -0.05) is 17.7 Å². The predicted octanol–water partition coefficient (Wildman–Crippen LogP) is 3.80. The molecule has 0 saturated heterocycles. The zero-order valence-electron chi connectivity index (χ0n) is 9.35. The van der Waals surface area contributed by atoms with Crippen LogP contribution in [0, 0.1) is 11.6 Å². The second-order valence-corrected chi connectivity index (χ2v) is 4.72. The van der Waals surface area contributed by atoms with Crippen LogP contribution in [0.15, 0.2) is 28.7 Å². The van der Waals surface area contributed by atoms with E-state index in [1.165, 1.54) is 0 Å². The molecule has 8 heteroatoms. The number of halogens is 4. The van der Waals surface area contributed by atoms with E-state index in [1.807, 2.05) is 5.43 Å². The van der Waals surface area contributed by atoms with Crippen LogP contribution in [0.5, 0.6) is 0 Å². The molecule has 0 aliphatic heterocycles. The summed E-state index contributed by atoms with van der Waals surface area (Å²) in [6.07, 6.45) is 0. The lowest BCUT2D eigenvalue weighted by Gasteiger charge is -2.11. The molecule has 1 heterocycles. The predicted molar refractivity (Wildman–Crippen MR) is 74.4 cm³/mol. The van der Waals surface area contributed by atoms with Crippen molar-refractivity contribution in [3.8, 4) is 0 Å². The summed E-state index contributed by atoms with van der Waals surface area (Å²) < 4.78 is 27.4. The Hall–Kier alpha value is -1.44. The summed E-state index contributed by atoms with van der Waals surface area (Å²) in [7, 11) is 0. The van der Waals surface area contributed by atoms with Gasteiger partial charge in [0.1, 0.15) is 0 Å². The van der Waals surface area contributed by atoms with Gasteiger partial charge in [0.05, 0.1) is 15.2 Å². The number of benzene rings is 1. The van der Waals surface area contributed by atoms with E-state index in [9.17, 15) is 8.78 Å². The van der Waals surface area contributed by atoms with Crippen LogP contribution in [0.2, 0.25) is 5.02 Å². The zero-order valence-corrected chi connectivity index (χ0v) is 11.7. The highest BCUT2D eigenvalue weighted by atomic mass is 79.9. The number of anilines is 3. The molecule has 0 bridgehead atoms. The second kappa shape index (κ2) is 5.68. The number of hydrogen-bond acceptors (Lipinski definition) is 4. The number of hydrazine groups is 1. The van der Waals surface area contributed by atoms with Gasteiger partial charge in [-0.2, -0.15) is 0 Å². The van der Waals surface area contributed by atoms with E-state index in [1.54, 1.807) is 18.2 Å². The highest BCUT2D eigenvalue weighted by molar-refractivity contribution is 9.10. The first-order valence-corrected chi connectivity index (χ1v) is 6.23. The number of nitrogens with zero attached hydrogens (tertiary/aromatic N) is 1. The lowest BCUT2D eigenvalue weighted by molar-refractivity contribution is 0.579. The van der Waals surface area contributed by atoms with E-state index >= 15 is 0 Å². The van der Waals surface area contributed by atoms with Crippen LogP contribution in [-0.2, 0) is 0 Å². The number of nitrogens with one attached hydrogen (secondary N) is 2. The van der Waals surface area contributed by atoms with Crippen molar-refractivity contribution >= 4 is 44.9 Å². The standard InChI is InChI=1S/C11H8BrClF2N4/c12-9-5(13)2-1-3-8(9)17-10-6(14)4-7(15)11(18-10)19-16/h1-4H,16H2,(H2,17,18,19). The van der Waals surface area contributed by atoms with Gasteiger partial charge in [-0.15, -0.1) is 0 Å². The Balaban J connectivity index is 2.41. The summed E-state index contributed by atoms with van der Waals surface area (Å²) in [6, 6.07) is 5.69. The van der Waals surface area contributed by atoms with E-state index in [0.29, 0.717) is 21.2 Å². The van der Waals surface area contributed by atoms with Crippen molar-refractivity contribution in [2.45, 2.75) is 0 Å². The van der Waals surface area contributed by atoms with Crippen molar-refractivity contribution in [2.24, 2.45) is 5.84 Å². The van der Waals surface area contributed by atoms with Gasteiger partial charge >= 0.3 is 0 Å². The Labute approximate surface area is 121 Å². The fourth-order valence-corrected chi connectivity index (χ4v) is 1.92. The molecule has 0 aliphatic carbocycles. The third kappa shape index (κ3) is 2.94. The molecule has 100 valence electrons. The molecular weight excluding hydrogens is 342 g/mol. The summed E-state index contributed by atoms with van der Waals surface area (Å²) in [5.74, 6) is 2.93. The summed E-state index contributed by atoms with van der Waals surface area (Å²) >= 11 is 9.16. The number of pyridine rings is 1. The molecule has 0 saturated carbocycles. The van der Waals surface area contributed by atoms with Crippen molar-refractivity contribution in [3.63, 3.8) is 0 Å². The third-order valence-electron chi connectivity index (χ3n) is 2.27. The molecular formula is C11H8BrClF2N4. The van der Waals surface area contributed by atoms with Crippen LogP contribution in [0.4, 0.5) is 26.1 Å². The molecule has 0 spiro atoms. The first-order chi connectivity index (χ1) is 9.02. The number of aromatic nitrogens is 1. The number of nitrogen functional groups attached to an aromatic ring is 1. The summed E-state index contributed by atoms with van der Waals surface area (Å²) in [4.78, 5) is 3.70. The van der Waals surface area contributed by atoms with Crippen molar-refractivity contribution in [2.75, 3.05) is 10.7 Å². The molecule has 4 nitrogen and oxygen atoms in total. The molecule has 19 heavy (non-hydrogen) atoms. The average Bonchev–Trinajstić information content (AvgIpc) is 2.38. The molecule has 0 radical (unpaired) electrons. The van der Waals surface area contributed by atoms with Gasteiger partial charge in [-0.05, 0) is 28.1 Å². The number of nitrogens with two attached hydrogens (primary N) is 1. The Morgan fingerprint density at radius 2 is 1.89 bits per heavy atom. The van der Waals surface area contributed by atoms with Gasteiger partial charge in [0, 0.05) is 6.07 Å². The maximum atomic E-state index is 13.6. The van der Waals surface area contributed by atoms with Crippen LogP contribution < -0.4 is 16.6 Å². The molecule has 0 atom stereocenters. The molecule has 0 fully saturated rings. The van der Waals surface area contributed by atoms with Gasteiger partial charge in [0.2, 0.25) is 0 Å². The first-order valence-electron chi connectivity index (χ1n) is 5.06. The lowest BCUT2D eigenvalue weighted by Crippen LogP contribution is -2.12. The van der Waals surface area contributed by atoms with Crippen LogP contribution in [0.1, 0.15) is 0 Å². The minimum absolute atomic E-state index is 0.169. The van der Waals surface area contributed by atoms with E-state index in [4.69, 9.17) is 17.4 Å². The SMILES string of the molecule is NNc1nc(Nc2cccc(Cl)c2Br)c(F)cc1F. The smallest absolute Gasteiger partial charge is 0.178 e. The largest absolute Gasteiger partial charge is 0.337 e. The van der Waals surface area contributed by atoms with Crippen molar-refractivity contribution in [1.82, 2.24) is 4.98 Å². The highest BCUT2D eigenvalue weighted by Crippen LogP contribution is 2.32.